The predicted molar refractivity (Wildman–Crippen MR) is 64.9 cm³/mol. The number of carbonyl (C=O) groups is 1. The van der Waals surface area contributed by atoms with Gasteiger partial charge in [-0.3, -0.25) is 4.79 Å². The first-order valence-corrected chi connectivity index (χ1v) is 6.20. The van der Waals surface area contributed by atoms with Crippen LogP contribution in [0.25, 0.3) is 0 Å². The highest BCUT2D eigenvalue weighted by Gasteiger charge is 2.04. The molecule has 3 nitrogen and oxygen atoms in total. The van der Waals surface area contributed by atoms with Gasteiger partial charge in [-0.25, -0.2) is 0 Å². The summed E-state index contributed by atoms with van der Waals surface area (Å²) in [6, 6.07) is 0.448. The van der Waals surface area contributed by atoms with Crippen LogP contribution in [0.2, 0.25) is 0 Å². The van der Waals surface area contributed by atoms with Gasteiger partial charge in [0, 0.05) is 12.6 Å². The van der Waals surface area contributed by atoms with E-state index < -0.39 is 0 Å². The zero-order valence-electron chi connectivity index (χ0n) is 10.4. The summed E-state index contributed by atoms with van der Waals surface area (Å²) < 4.78 is 0. The van der Waals surface area contributed by atoms with Gasteiger partial charge in [-0.2, -0.15) is 0 Å². The van der Waals surface area contributed by atoms with E-state index in [1.54, 1.807) is 0 Å². The molecule has 1 atom stereocenters. The van der Waals surface area contributed by atoms with Gasteiger partial charge in [0.25, 0.3) is 0 Å². The maximum atomic E-state index is 11.3. The first-order chi connectivity index (χ1) is 7.20. The topological polar surface area (TPSA) is 41.1 Å². The fourth-order valence-electron chi connectivity index (χ4n) is 1.40. The van der Waals surface area contributed by atoms with Crippen LogP contribution in [0.5, 0.6) is 0 Å². The Morgan fingerprint density at radius 2 is 1.93 bits per heavy atom. The molecule has 0 aromatic carbocycles. The third kappa shape index (κ3) is 9.73. The van der Waals surface area contributed by atoms with Gasteiger partial charge in [0.05, 0.1) is 6.54 Å². The highest BCUT2D eigenvalue weighted by atomic mass is 16.1. The van der Waals surface area contributed by atoms with Gasteiger partial charge in [-0.15, -0.1) is 0 Å². The number of amides is 1. The van der Waals surface area contributed by atoms with E-state index >= 15 is 0 Å². The molecule has 0 saturated carbocycles. The van der Waals surface area contributed by atoms with Gasteiger partial charge in [-0.1, -0.05) is 33.1 Å². The monoisotopic (exact) mass is 214 g/mol. The van der Waals surface area contributed by atoms with Crippen molar-refractivity contribution in [1.82, 2.24) is 10.6 Å². The molecule has 0 rings (SSSR count). The van der Waals surface area contributed by atoms with E-state index in [9.17, 15) is 4.79 Å². The van der Waals surface area contributed by atoms with Gasteiger partial charge in [-0.05, 0) is 19.8 Å². The van der Waals surface area contributed by atoms with E-state index in [2.05, 4.69) is 31.4 Å². The SMILES string of the molecule is CCCCCC(C)NCC(=O)NCCC. The molecule has 0 radical (unpaired) electrons. The summed E-state index contributed by atoms with van der Waals surface area (Å²) in [6.07, 6.45) is 5.95. The molecule has 0 heterocycles. The van der Waals surface area contributed by atoms with Crippen LogP contribution in [-0.4, -0.2) is 25.0 Å². The van der Waals surface area contributed by atoms with Crippen LogP contribution in [0.4, 0.5) is 0 Å². The lowest BCUT2D eigenvalue weighted by atomic mass is 10.1. The molecule has 2 N–H and O–H groups in total. The summed E-state index contributed by atoms with van der Waals surface area (Å²) in [7, 11) is 0. The van der Waals surface area contributed by atoms with E-state index in [4.69, 9.17) is 0 Å². The van der Waals surface area contributed by atoms with Gasteiger partial charge in [0.2, 0.25) is 5.91 Å². The normalized spacial score (nSPS) is 12.5. The van der Waals surface area contributed by atoms with Crippen molar-refractivity contribution >= 4 is 5.91 Å². The Labute approximate surface area is 94.0 Å². The lowest BCUT2D eigenvalue weighted by molar-refractivity contribution is -0.120. The average Bonchev–Trinajstić information content (AvgIpc) is 2.24. The van der Waals surface area contributed by atoms with Crippen molar-refractivity contribution in [3.05, 3.63) is 0 Å². The number of hydrogen-bond acceptors (Lipinski definition) is 2. The molecule has 1 unspecified atom stereocenters. The second-order valence-corrected chi connectivity index (χ2v) is 4.13. The Morgan fingerprint density at radius 1 is 1.20 bits per heavy atom. The van der Waals surface area contributed by atoms with Gasteiger partial charge in [0.1, 0.15) is 0 Å². The molecule has 0 fully saturated rings. The Hall–Kier alpha value is -0.570. The van der Waals surface area contributed by atoms with Crippen molar-refractivity contribution in [2.24, 2.45) is 0 Å². The standard InChI is InChI=1S/C12H26N2O/c1-4-6-7-8-11(3)14-10-12(15)13-9-5-2/h11,14H,4-10H2,1-3H3,(H,13,15). The van der Waals surface area contributed by atoms with Gasteiger partial charge < -0.3 is 10.6 Å². The third-order valence-corrected chi connectivity index (χ3v) is 2.42. The molecule has 0 bridgehead atoms. The number of rotatable bonds is 9. The highest BCUT2D eigenvalue weighted by molar-refractivity contribution is 5.77. The summed E-state index contributed by atoms with van der Waals surface area (Å²) in [5.74, 6) is 0.110. The third-order valence-electron chi connectivity index (χ3n) is 2.42. The second kappa shape index (κ2) is 9.97. The highest BCUT2D eigenvalue weighted by Crippen LogP contribution is 2.02. The summed E-state index contributed by atoms with van der Waals surface area (Å²) >= 11 is 0. The molecule has 15 heavy (non-hydrogen) atoms. The minimum absolute atomic E-state index is 0.110. The molecule has 0 aromatic rings. The fraction of sp³-hybridized carbons (Fsp3) is 0.917. The van der Waals surface area contributed by atoms with Crippen LogP contribution in [0.15, 0.2) is 0 Å². The van der Waals surface area contributed by atoms with E-state index in [0.717, 1.165) is 19.4 Å². The smallest absolute Gasteiger partial charge is 0.233 e. The molecule has 0 aliphatic carbocycles. The first kappa shape index (κ1) is 14.4. The van der Waals surface area contributed by atoms with Crippen molar-refractivity contribution in [2.45, 2.75) is 58.9 Å². The number of nitrogens with one attached hydrogen (secondary N) is 2. The Balaban J connectivity index is 3.36. The summed E-state index contributed by atoms with van der Waals surface area (Å²) in [5.41, 5.74) is 0. The molecule has 0 spiro atoms. The molecule has 0 aliphatic rings. The molecular weight excluding hydrogens is 188 g/mol. The molecule has 3 heteroatoms. The Bertz CT molecular complexity index is 160. The van der Waals surface area contributed by atoms with Crippen LogP contribution in [-0.2, 0) is 4.79 Å². The lowest BCUT2D eigenvalue weighted by Crippen LogP contribution is -2.38. The molecule has 0 saturated heterocycles. The van der Waals surface area contributed by atoms with Crippen molar-refractivity contribution in [3.63, 3.8) is 0 Å². The second-order valence-electron chi connectivity index (χ2n) is 4.13. The quantitative estimate of drug-likeness (QED) is 0.577. The average molecular weight is 214 g/mol. The number of unbranched alkanes of at least 4 members (excludes halogenated alkanes) is 2. The maximum Gasteiger partial charge on any atom is 0.233 e. The van der Waals surface area contributed by atoms with Crippen LogP contribution < -0.4 is 10.6 Å². The Morgan fingerprint density at radius 3 is 2.53 bits per heavy atom. The number of carbonyl (C=O) groups excluding carboxylic acids is 1. The molecular formula is C12H26N2O. The van der Waals surface area contributed by atoms with Crippen molar-refractivity contribution in [3.8, 4) is 0 Å². The van der Waals surface area contributed by atoms with Gasteiger partial charge in [0.15, 0.2) is 0 Å². The van der Waals surface area contributed by atoms with Crippen molar-refractivity contribution in [1.29, 1.82) is 0 Å². The summed E-state index contributed by atoms with van der Waals surface area (Å²) in [5, 5.41) is 6.09. The molecule has 0 aliphatic heterocycles. The number of hydrogen-bond donors (Lipinski definition) is 2. The zero-order chi connectivity index (χ0) is 11.5. The minimum atomic E-state index is 0.110. The molecule has 90 valence electrons. The van der Waals surface area contributed by atoms with Crippen LogP contribution in [0.1, 0.15) is 52.9 Å². The van der Waals surface area contributed by atoms with Crippen LogP contribution in [0.3, 0.4) is 0 Å². The summed E-state index contributed by atoms with van der Waals surface area (Å²) in [4.78, 5) is 11.3. The zero-order valence-corrected chi connectivity index (χ0v) is 10.4. The van der Waals surface area contributed by atoms with Gasteiger partial charge >= 0.3 is 0 Å². The molecule has 0 aromatic heterocycles. The van der Waals surface area contributed by atoms with E-state index in [-0.39, 0.29) is 5.91 Å². The fourth-order valence-corrected chi connectivity index (χ4v) is 1.40. The lowest BCUT2D eigenvalue weighted by Gasteiger charge is -2.13. The van der Waals surface area contributed by atoms with E-state index in [0.29, 0.717) is 12.6 Å². The summed E-state index contributed by atoms with van der Waals surface area (Å²) in [6.45, 7) is 7.64. The minimum Gasteiger partial charge on any atom is -0.355 e. The predicted octanol–water partition coefficient (Wildman–Crippen LogP) is 2.07. The van der Waals surface area contributed by atoms with E-state index in [1.165, 1.54) is 19.3 Å². The maximum absolute atomic E-state index is 11.3. The van der Waals surface area contributed by atoms with Crippen molar-refractivity contribution in [2.75, 3.05) is 13.1 Å². The Kier molecular flexibility index (Phi) is 9.59. The largest absolute Gasteiger partial charge is 0.355 e. The van der Waals surface area contributed by atoms with Crippen LogP contribution >= 0.6 is 0 Å². The van der Waals surface area contributed by atoms with Crippen LogP contribution in [0, 0.1) is 0 Å². The first-order valence-electron chi connectivity index (χ1n) is 6.20. The van der Waals surface area contributed by atoms with Crippen molar-refractivity contribution < 1.29 is 4.79 Å². The molecule has 1 amide bonds. The van der Waals surface area contributed by atoms with E-state index in [1.807, 2.05) is 0 Å².